The highest BCUT2D eigenvalue weighted by Gasteiger charge is 2.28. The lowest BCUT2D eigenvalue weighted by atomic mass is 10.1. The fourth-order valence-corrected chi connectivity index (χ4v) is 2.04. The fraction of sp³-hybridized carbons (Fsp3) is 0.600. The third-order valence-electron chi connectivity index (χ3n) is 3.32. The summed E-state index contributed by atoms with van der Waals surface area (Å²) in [6.45, 7) is 1.50. The zero-order valence-electron chi connectivity index (χ0n) is 10.3. The van der Waals surface area contributed by atoms with Crippen molar-refractivity contribution in [2.24, 2.45) is 5.92 Å². The van der Waals surface area contributed by atoms with Crippen LogP contribution in [-0.2, 0) is 11.3 Å². The molecular formula is C15H22O2. The van der Waals surface area contributed by atoms with Crippen molar-refractivity contribution in [3.8, 4) is 0 Å². The number of ether oxygens (including phenoxy) is 1. The van der Waals surface area contributed by atoms with Crippen LogP contribution in [0.1, 0.15) is 37.7 Å². The smallest absolute Gasteiger partial charge is 0.0716 e. The predicted molar refractivity (Wildman–Crippen MR) is 68.7 cm³/mol. The average molecular weight is 234 g/mol. The lowest BCUT2D eigenvalue weighted by Gasteiger charge is -2.08. The zero-order chi connectivity index (χ0) is 11.9. The summed E-state index contributed by atoms with van der Waals surface area (Å²) in [6.07, 6.45) is 5.48. The van der Waals surface area contributed by atoms with Gasteiger partial charge in [0.05, 0.1) is 12.7 Å². The molecule has 1 aromatic carbocycles. The highest BCUT2D eigenvalue weighted by atomic mass is 16.5. The Balaban J connectivity index is 1.46. The molecule has 1 unspecified atom stereocenters. The van der Waals surface area contributed by atoms with Crippen molar-refractivity contribution >= 4 is 0 Å². The van der Waals surface area contributed by atoms with Crippen LogP contribution in [0.2, 0.25) is 0 Å². The number of benzene rings is 1. The molecule has 0 saturated heterocycles. The molecular weight excluding hydrogens is 212 g/mol. The van der Waals surface area contributed by atoms with Gasteiger partial charge in [-0.1, -0.05) is 30.3 Å². The minimum absolute atomic E-state index is 0.0517. The second kappa shape index (κ2) is 6.77. The van der Waals surface area contributed by atoms with Crippen LogP contribution in [0.25, 0.3) is 0 Å². The largest absolute Gasteiger partial charge is 0.393 e. The van der Waals surface area contributed by atoms with Gasteiger partial charge in [0, 0.05) is 6.61 Å². The zero-order valence-corrected chi connectivity index (χ0v) is 10.3. The number of rotatable bonds is 8. The fourth-order valence-electron chi connectivity index (χ4n) is 2.04. The normalized spacial score (nSPS) is 17.0. The van der Waals surface area contributed by atoms with Crippen molar-refractivity contribution in [3.63, 3.8) is 0 Å². The van der Waals surface area contributed by atoms with Crippen LogP contribution in [0.5, 0.6) is 0 Å². The molecule has 1 N–H and O–H groups in total. The van der Waals surface area contributed by atoms with Crippen molar-refractivity contribution < 1.29 is 9.84 Å². The minimum Gasteiger partial charge on any atom is -0.393 e. The Kier molecular flexibility index (Phi) is 5.02. The van der Waals surface area contributed by atoms with Crippen molar-refractivity contribution in [1.29, 1.82) is 0 Å². The monoisotopic (exact) mass is 234 g/mol. The quantitative estimate of drug-likeness (QED) is 0.700. The van der Waals surface area contributed by atoms with Gasteiger partial charge in [-0.05, 0) is 43.6 Å². The summed E-state index contributed by atoms with van der Waals surface area (Å²) in [5.41, 5.74) is 1.23. The van der Waals surface area contributed by atoms with Crippen LogP contribution >= 0.6 is 0 Å². The maximum atomic E-state index is 9.68. The number of unbranched alkanes of at least 4 members (excludes halogenated alkanes) is 1. The van der Waals surface area contributed by atoms with E-state index in [1.807, 2.05) is 18.2 Å². The van der Waals surface area contributed by atoms with Crippen molar-refractivity contribution in [3.05, 3.63) is 35.9 Å². The van der Waals surface area contributed by atoms with Gasteiger partial charge in [0.25, 0.3) is 0 Å². The molecule has 1 saturated carbocycles. The summed E-state index contributed by atoms with van der Waals surface area (Å²) >= 11 is 0. The van der Waals surface area contributed by atoms with E-state index in [-0.39, 0.29) is 6.10 Å². The Morgan fingerprint density at radius 1 is 1.18 bits per heavy atom. The molecule has 17 heavy (non-hydrogen) atoms. The summed E-state index contributed by atoms with van der Waals surface area (Å²) in [4.78, 5) is 0. The van der Waals surface area contributed by atoms with Crippen molar-refractivity contribution in [2.45, 2.75) is 44.8 Å². The Labute approximate surface area is 104 Å². The van der Waals surface area contributed by atoms with Gasteiger partial charge >= 0.3 is 0 Å². The van der Waals surface area contributed by atoms with E-state index < -0.39 is 0 Å². The molecule has 1 atom stereocenters. The van der Waals surface area contributed by atoms with Crippen LogP contribution in [0.3, 0.4) is 0 Å². The third kappa shape index (κ3) is 4.88. The van der Waals surface area contributed by atoms with Gasteiger partial charge < -0.3 is 9.84 Å². The molecule has 2 nitrogen and oxygen atoms in total. The van der Waals surface area contributed by atoms with Crippen LogP contribution in [0, 0.1) is 5.92 Å². The summed E-state index contributed by atoms with van der Waals surface area (Å²) in [7, 11) is 0. The number of hydrogen-bond acceptors (Lipinski definition) is 2. The summed E-state index contributed by atoms with van der Waals surface area (Å²) in [5, 5.41) is 9.68. The van der Waals surface area contributed by atoms with Crippen LogP contribution in [0.15, 0.2) is 30.3 Å². The summed E-state index contributed by atoms with van der Waals surface area (Å²) < 4.78 is 5.60. The van der Waals surface area contributed by atoms with Gasteiger partial charge in [-0.3, -0.25) is 0 Å². The molecule has 1 fully saturated rings. The Bertz CT molecular complexity index is 306. The maximum Gasteiger partial charge on any atom is 0.0716 e. The van der Waals surface area contributed by atoms with Gasteiger partial charge in [-0.25, -0.2) is 0 Å². The van der Waals surface area contributed by atoms with E-state index in [4.69, 9.17) is 4.74 Å². The van der Waals surface area contributed by atoms with Gasteiger partial charge in [-0.2, -0.15) is 0 Å². The molecule has 1 aliphatic rings. The Morgan fingerprint density at radius 2 is 1.94 bits per heavy atom. The van der Waals surface area contributed by atoms with Gasteiger partial charge in [0.2, 0.25) is 0 Å². The number of aliphatic hydroxyl groups excluding tert-OH is 1. The Hall–Kier alpha value is -0.860. The third-order valence-corrected chi connectivity index (χ3v) is 3.32. The van der Waals surface area contributed by atoms with Crippen LogP contribution < -0.4 is 0 Å². The molecule has 1 aliphatic carbocycles. The molecule has 0 aliphatic heterocycles. The van der Waals surface area contributed by atoms with Crippen LogP contribution in [0.4, 0.5) is 0 Å². The van der Waals surface area contributed by atoms with Crippen LogP contribution in [-0.4, -0.2) is 17.8 Å². The topological polar surface area (TPSA) is 29.5 Å². The predicted octanol–water partition coefficient (Wildman–Crippen LogP) is 3.14. The van der Waals surface area contributed by atoms with E-state index in [9.17, 15) is 5.11 Å². The molecule has 0 bridgehead atoms. The molecule has 2 heteroatoms. The molecule has 0 aromatic heterocycles. The first-order valence-corrected chi connectivity index (χ1v) is 6.66. The Morgan fingerprint density at radius 3 is 2.65 bits per heavy atom. The van der Waals surface area contributed by atoms with E-state index in [1.165, 1.54) is 18.4 Å². The van der Waals surface area contributed by atoms with E-state index in [1.54, 1.807) is 0 Å². The molecule has 1 aromatic rings. The van der Waals surface area contributed by atoms with E-state index in [0.29, 0.717) is 12.5 Å². The SMILES string of the molecule is OC(CCCCOCc1ccccc1)C1CC1. The van der Waals surface area contributed by atoms with Gasteiger partial charge in [0.15, 0.2) is 0 Å². The van der Waals surface area contributed by atoms with Crippen molar-refractivity contribution in [2.75, 3.05) is 6.61 Å². The second-order valence-electron chi connectivity index (χ2n) is 4.94. The minimum atomic E-state index is -0.0517. The first-order chi connectivity index (χ1) is 8.36. The highest BCUT2D eigenvalue weighted by molar-refractivity contribution is 5.13. The van der Waals surface area contributed by atoms with Gasteiger partial charge in [0.1, 0.15) is 0 Å². The maximum absolute atomic E-state index is 9.68. The molecule has 0 radical (unpaired) electrons. The molecule has 2 rings (SSSR count). The molecule has 0 heterocycles. The lowest BCUT2D eigenvalue weighted by molar-refractivity contribution is 0.105. The molecule has 0 amide bonds. The molecule has 94 valence electrons. The summed E-state index contributed by atoms with van der Waals surface area (Å²) in [6, 6.07) is 10.2. The summed E-state index contributed by atoms with van der Waals surface area (Å²) in [5.74, 6) is 0.611. The number of hydrogen-bond donors (Lipinski definition) is 1. The van der Waals surface area contributed by atoms with E-state index in [2.05, 4.69) is 12.1 Å². The van der Waals surface area contributed by atoms with Gasteiger partial charge in [-0.15, -0.1) is 0 Å². The van der Waals surface area contributed by atoms with E-state index in [0.717, 1.165) is 25.9 Å². The lowest BCUT2D eigenvalue weighted by Crippen LogP contribution is -2.09. The number of aliphatic hydroxyl groups is 1. The van der Waals surface area contributed by atoms with E-state index >= 15 is 0 Å². The molecule has 0 spiro atoms. The first-order valence-electron chi connectivity index (χ1n) is 6.66. The first kappa shape index (κ1) is 12.6. The standard InChI is InChI=1S/C15H22O2/c16-15(14-9-10-14)8-4-5-11-17-12-13-6-2-1-3-7-13/h1-3,6-7,14-16H,4-5,8-12H2. The average Bonchev–Trinajstić information content (AvgIpc) is 3.19. The second-order valence-corrected chi connectivity index (χ2v) is 4.94. The highest BCUT2D eigenvalue weighted by Crippen LogP contribution is 2.34. The van der Waals surface area contributed by atoms with Crippen molar-refractivity contribution in [1.82, 2.24) is 0 Å².